The van der Waals surface area contributed by atoms with Crippen LogP contribution in [-0.4, -0.2) is 25.5 Å². The van der Waals surface area contributed by atoms with E-state index in [9.17, 15) is 18.0 Å². The number of hydrogen-bond acceptors (Lipinski definition) is 3. The van der Waals surface area contributed by atoms with Gasteiger partial charge in [-0.25, -0.2) is 0 Å². The summed E-state index contributed by atoms with van der Waals surface area (Å²) in [5, 5.41) is 10.4. The molecule has 0 aromatic carbocycles. The second-order valence-corrected chi connectivity index (χ2v) is 6.29. The molecule has 1 N–H and O–H groups in total. The second-order valence-electron chi connectivity index (χ2n) is 5.50. The van der Waals surface area contributed by atoms with Crippen LogP contribution in [0.15, 0.2) is 10.7 Å². The quantitative estimate of drug-likeness (QED) is 0.847. The van der Waals surface area contributed by atoms with Gasteiger partial charge in [0.2, 0.25) is 5.91 Å². The summed E-state index contributed by atoms with van der Waals surface area (Å²) in [5.41, 5.74) is 0.820. The third-order valence-electron chi connectivity index (χ3n) is 3.66. The van der Waals surface area contributed by atoms with Gasteiger partial charge in [-0.15, -0.1) is 0 Å². The highest BCUT2D eigenvalue weighted by atomic mass is 79.9. The maximum absolute atomic E-state index is 12.9. The minimum absolute atomic E-state index is 0.155. The third kappa shape index (κ3) is 3.63. The Morgan fingerprint density at radius 3 is 2.46 bits per heavy atom. The lowest BCUT2D eigenvalue weighted by atomic mass is 10.2. The smallest absolute Gasteiger partial charge is 0.350 e. The molecule has 6 nitrogen and oxygen atoms in total. The summed E-state index contributed by atoms with van der Waals surface area (Å²) >= 11 is 2.90. The van der Waals surface area contributed by atoms with Crippen LogP contribution in [0.4, 0.5) is 13.2 Å². The number of rotatable bonds is 4. The molecule has 2 heterocycles. The predicted molar refractivity (Wildman–Crippen MR) is 84.2 cm³/mol. The molecular weight excluding hydrogens is 391 g/mol. The number of hydrogen-bond donors (Lipinski definition) is 1. The van der Waals surface area contributed by atoms with Crippen molar-refractivity contribution in [3.8, 4) is 0 Å². The van der Waals surface area contributed by atoms with Crippen LogP contribution in [0.25, 0.3) is 0 Å². The number of carbonyl (C=O) groups excluding carboxylic acids is 1. The first-order valence-electron chi connectivity index (χ1n) is 7.11. The summed E-state index contributed by atoms with van der Waals surface area (Å²) in [5.74, 6) is -0.426. The van der Waals surface area contributed by atoms with E-state index in [1.807, 2.05) is 6.92 Å². The van der Waals surface area contributed by atoms with Crippen molar-refractivity contribution >= 4 is 21.8 Å². The first-order valence-corrected chi connectivity index (χ1v) is 7.90. The lowest BCUT2D eigenvalue weighted by molar-refractivity contribution is -0.142. The summed E-state index contributed by atoms with van der Waals surface area (Å²) in [7, 11) is 1.77. The zero-order chi connectivity index (χ0) is 18.2. The van der Waals surface area contributed by atoms with Gasteiger partial charge in [-0.3, -0.25) is 14.2 Å². The first kappa shape index (κ1) is 18.5. The van der Waals surface area contributed by atoms with Gasteiger partial charge in [0, 0.05) is 25.4 Å². The Morgan fingerprint density at radius 2 is 2.00 bits per heavy atom. The number of alkyl halides is 3. The number of nitrogens with zero attached hydrogens (tertiary/aromatic N) is 4. The maximum Gasteiger partial charge on any atom is 0.436 e. The molecule has 0 fully saturated rings. The fourth-order valence-electron chi connectivity index (χ4n) is 2.32. The molecule has 2 aromatic rings. The van der Waals surface area contributed by atoms with Gasteiger partial charge in [-0.05, 0) is 36.7 Å². The predicted octanol–water partition coefficient (Wildman–Crippen LogP) is 2.89. The first-order chi connectivity index (χ1) is 11.0. The molecule has 132 valence electrons. The van der Waals surface area contributed by atoms with Crippen LogP contribution in [0.3, 0.4) is 0 Å². The van der Waals surface area contributed by atoms with E-state index in [0.717, 1.165) is 15.9 Å². The standard InChI is InChI=1S/C14H17BrF3N5O/c1-7-10(6-22(4)20-7)5-19-13(24)9(3)23-8(2)11(15)12(21-23)14(16,17)18/h6,9H,5H2,1-4H3,(H,19,24). The summed E-state index contributed by atoms with van der Waals surface area (Å²) in [6, 6.07) is -0.880. The van der Waals surface area contributed by atoms with Crippen LogP contribution >= 0.6 is 15.9 Å². The van der Waals surface area contributed by atoms with Crippen molar-refractivity contribution in [1.82, 2.24) is 24.9 Å². The highest BCUT2D eigenvalue weighted by Gasteiger charge is 2.38. The molecule has 0 saturated heterocycles. The van der Waals surface area contributed by atoms with Crippen molar-refractivity contribution in [3.63, 3.8) is 0 Å². The lowest BCUT2D eigenvalue weighted by Crippen LogP contribution is -2.31. The summed E-state index contributed by atoms with van der Waals surface area (Å²) in [6.45, 7) is 5.03. The SMILES string of the molecule is Cc1nn(C)cc1CNC(=O)C(C)n1nc(C(F)(F)F)c(Br)c1C. The zero-order valence-electron chi connectivity index (χ0n) is 13.6. The Kier molecular flexibility index (Phi) is 5.07. The van der Waals surface area contributed by atoms with E-state index in [1.54, 1.807) is 17.9 Å². The van der Waals surface area contributed by atoms with Crippen molar-refractivity contribution in [2.75, 3.05) is 0 Å². The molecule has 0 spiro atoms. The van der Waals surface area contributed by atoms with E-state index >= 15 is 0 Å². The summed E-state index contributed by atoms with van der Waals surface area (Å²) in [6.07, 6.45) is -2.81. The van der Waals surface area contributed by atoms with E-state index in [4.69, 9.17) is 0 Å². The van der Waals surface area contributed by atoms with Gasteiger partial charge in [-0.2, -0.15) is 23.4 Å². The van der Waals surface area contributed by atoms with Crippen LogP contribution in [0, 0.1) is 13.8 Å². The van der Waals surface area contributed by atoms with Gasteiger partial charge < -0.3 is 5.32 Å². The lowest BCUT2D eigenvalue weighted by Gasteiger charge is -2.14. The topological polar surface area (TPSA) is 64.7 Å². The average molecular weight is 408 g/mol. The van der Waals surface area contributed by atoms with E-state index in [1.165, 1.54) is 13.8 Å². The Hall–Kier alpha value is -1.84. The largest absolute Gasteiger partial charge is 0.436 e. The zero-order valence-corrected chi connectivity index (χ0v) is 15.2. The molecule has 1 unspecified atom stereocenters. The van der Waals surface area contributed by atoms with Gasteiger partial charge in [0.1, 0.15) is 6.04 Å². The number of nitrogens with one attached hydrogen (secondary N) is 1. The fourth-order valence-corrected chi connectivity index (χ4v) is 2.81. The Bertz CT molecular complexity index is 765. The molecule has 0 radical (unpaired) electrons. The number of aromatic nitrogens is 4. The molecule has 0 aliphatic rings. The Morgan fingerprint density at radius 1 is 1.38 bits per heavy atom. The molecule has 0 aliphatic heterocycles. The fraction of sp³-hybridized carbons (Fsp3) is 0.500. The molecule has 1 amide bonds. The van der Waals surface area contributed by atoms with Crippen LogP contribution < -0.4 is 5.32 Å². The molecule has 2 aromatic heterocycles. The second kappa shape index (κ2) is 6.58. The minimum atomic E-state index is -4.59. The normalized spacial score (nSPS) is 13.2. The number of carbonyl (C=O) groups is 1. The Balaban J connectivity index is 2.15. The Labute approximate surface area is 145 Å². The maximum atomic E-state index is 12.9. The number of amides is 1. The van der Waals surface area contributed by atoms with Gasteiger partial charge in [0.05, 0.1) is 15.9 Å². The summed E-state index contributed by atoms with van der Waals surface area (Å²) < 4.78 is 41.3. The monoisotopic (exact) mass is 407 g/mol. The highest BCUT2D eigenvalue weighted by molar-refractivity contribution is 9.10. The summed E-state index contributed by atoms with van der Waals surface area (Å²) in [4.78, 5) is 12.3. The minimum Gasteiger partial charge on any atom is -0.350 e. The van der Waals surface area contributed by atoms with E-state index < -0.39 is 23.8 Å². The van der Waals surface area contributed by atoms with Crippen molar-refractivity contribution in [2.24, 2.45) is 7.05 Å². The molecule has 10 heteroatoms. The van der Waals surface area contributed by atoms with Crippen molar-refractivity contribution in [2.45, 2.75) is 39.5 Å². The van der Waals surface area contributed by atoms with Crippen LogP contribution in [0.2, 0.25) is 0 Å². The molecular formula is C14H17BrF3N5O. The van der Waals surface area contributed by atoms with Crippen molar-refractivity contribution in [1.29, 1.82) is 0 Å². The molecule has 1 atom stereocenters. The van der Waals surface area contributed by atoms with Crippen molar-refractivity contribution < 1.29 is 18.0 Å². The molecule has 2 rings (SSSR count). The van der Waals surface area contributed by atoms with E-state index in [-0.39, 0.29) is 16.7 Å². The van der Waals surface area contributed by atoms with E-state index in [0.29, 0.717) is 0 Å². The molecule has 0 saturated carbocycles. The van der Waals surface area contributed by atoms with Crippen LogP contribution in [0.5, 0.6) is 0 Å². The molecule has 24 heavy (non-hydrogen) atoms. The van der Waals surface area contributed by atoms with Gasteiger partial charge in [0.15, 0.2) is 5.69 Å². The highest BCUT2D eigenvalue weighted by Crippen LogP contribution is 2.36. The number of halogens is 4. The molecule has 0 aliphatic carbocycles. The third-order valence-corrected chi connectivity index (χ3v) is 4.61. The average Bonchev–Trinajstić information content (AvgIpc) is 2.95. The van der Waals surface area contributed by atoms with E-state index in [2.05, 4.69) is 31.4 Å². The number of aryl methyl sites for hydroxylation is 2. The molecule has 0 bridgehead atoms. The van der Waals surface area contributed by atoms with Gasteiger partial charge >= 0.3 is 6.18 Å². The van der Waals surface area contributed by atoms with Crippen molar-refractivity contribution in [3.05, 3.63) is 33.3 Å². The van der Waals surface area contributed by atoms with Gasteiger partial charge in [-0.1, -0.05) is 0 Å². The van der Waals surface area contributed by atoms with Crippen LogP contribution in [0.1, 0.15) is 35.6 Å². The van der Waals surface area contributed by atoms with Gasteiger partial charge in [0.25, 0.3) is 0 Å². The van der Waals surface area contributed by atoms with Crippen LogP contribution in [-0.2, 0) is 24.6 Å².